The first-order chi connectivity index (χ1) is 21.2. The molecule has 3 aromatic rings. The third-order valence-electron chi connectivity index (χ3n) is 7.98. The topological polar surface area (TPSA) is 60.9 Å². The summed E-state index contributed by atoms with van der Waals surface area (Å²) in [5.41, 5.74) is 8.64. The molecule has 0 radical (unpaired) electrons. The molecule has 0 N–H and O–H groups in total. The summed E-state index contributed by atoms with van der Waals surface area (Å²) in [4.78, 5) is 21.1. The van der Waals surface area contributed by atoms with Gasteiger partial charge in [-0.05, 0) is 111 Å². The third kappa shape index (κ3) is 8.94. The van der Waals surface area contributed by atoms with Gasteiger partial charge in [0.1, 0.15) is 11.6 Å². The number of carbonyl (C=O) groups is 1. The second-order valence-electron chi connectivity index (χ2n) is 13.4. The summed E-state index contributed by atoms with van der Waals surface area (Å²) in [7, 11) is 0. The van der Waals surface area contributed by atoms with E-state index in [0.717, 1.165) is 71.0 Å². The molecule has 1 aliphatic rings. The number of anilines is 1. The highest BCUT2D eigenvalue weighted by molar-refractivity contribution is 5.88. The van der Waals surface area contributed by atoms with Gasteiger partial charge in [-0.1, -0.05) is 35.4 Å². The Labute approximate surface area is 268 Å². The Morgan fingerprint density at radius 2 is 1.58 bits per heavy atom. The summed E-state index contributed by atoms with van der Waals surface area (Å²) in [6, 6.07) is 14.5. The van der Waals surface area contributed by atoms with Gasteiger partial charge in [0.15, 0.2) is 6.10 Å². The van der Waals surface area contributed by atoms with Crippen molar-refractivity contribution in [3.8, 4) is 16.9 Å². The van der Waals surface area contributed by atoms with Gasteiger partial charge >= 0.3 is 5.97 Å². The van der Waals surface area contributed by atoms with Crippen LogP contribution in [0.5, 0.6) is 5.75 Å². The molecule has 1 saturated heterocycles. The van der Waals surface area contributed by atoms with E-state index in [4.69, 9.17) is 19.2 Å². The third-order valence-corrected chi connectivity index (χ3v) is 7.98. The first-order valence-corrected chi connectivity index (χ1v) is 16.0. The summed E-state index contributed by atoms with van der Waals surface area (Å²) < 4.78 is 31.6. The predicted molar refractivity (Wildman–Crippen MR) is 179 cm³/mol. The molecule has 2 heterocycles. The Hall–Kier alpha value is -3.71. The highest BCUT2D eigenvalue weighted by Crippen LogP contribution is 2.44. The maximum atomic E-state index is 13.7. The first kappa shape index (κ1) is 34.2. The quantitative estimate of drug-likeness (QED) is 0.168. The van der Waals surface area contributed by atoms with Gasteiger partial charge in [0.05, 0.1) is 24.0 Å². The van der Waals surface area contributed by atoms with Crippen molar-refractivity contribution >= 4 is 11.7 Å². The normalized spacial score (nSPS) is 14.5. The second kappa shape index (κ2) is 14.6. The average molecular weight is 617 g/mol. The molecule has 1 unspecified atom stereocenters. The molecule has 1 fully saturated rings. The Morgan fingerprint density at radius 3 is 2.13 bits per heavy atom. The van der Waals surface area contributed by atoms with Crippen molar-refractivity contribution in [2.24, 2.45) is 0 Å². The Kier molecular flexibility index (Phi) is 11.1. The number of pyridine rings is 1. The minimum Gasteiger partial charge on any atom is -0.493 e. The minimum absolute atomic E-state index is 0.242. The van der Waals surface area contributed by atoms with Crippen LogP contribution in [0.1, 0.15) is 89.9 Å². The van der Waals surface area contributed by atoms with Crippen molar-refractivity contribution in [3.05, 3.63) is 88.0 Å². The Bertz CT molecular complexity index is 1490. The van der Waals surface area contributed by atoms with Crippen LogP contribution in [0.3, 0.4) is 0 Å². The fourth-order valence-corrected chi connectivity index (χ4v) is 5.86. The van der Waals surface area contributed by atoms with E-state index in [0.29, 0.717) is 13.0 Å². The maximum absolute atomic E-state index is 13.7. The van der Waals surface area contributed by atoms with Crippen LogP contribution in [-0.4, -0.2) is 42.4 Å². The number of carbonyl (C=O) groups excluding carboxylic acids is 1. The molecule has 0 amide bonds. The molecule has 0 bridgehead atoms. The van der Waals surface area contributed by atoms with Crippen molar-refractivity contribution in [1.29, 1.82) is 0 Å². The number of aromatic nitrogens is 1. The number of halogens is 1. The lowest BCUT2D eigenvalue weighted by Crippen LogP contribution is -2.36. The summed E-state index contributed by atoms with van der Waals surface area (Å²) in [5.74, 6) is 0.0995. The molecule has 242 valence electrons. The highest BCUT2D eigenvalue weighted by atomic mass is 19.1. The summed E-state index contributed by atoms with van der Waals surface area (Å²) in [5, 5.41) is 0. The van der Waals surface area contributed by atoms with Gasteiger partial charge in [-0.2, -0.15) is 0 Å². The van der Waals surface area contributed by atoms with Crippen molar-refractivity contribution < 1.29 is 23.4 Å². The second-order valence-corrected chi connectivity index (χ2v) is 13.4. The van der Waals surface area contributed by atoms with E-state index < -0.39 is 17.7 Å². The number of piperidine rings is 1. The predicted octanol–water partition coefficient (Wildman–Crippen LogP) is 8.87. The number of esters is 1. The molecule has 4 rings (SSSR count). The van der Waals surface area contributed by atoms with Gasteiger partial charge in [-0.15, -0.1) is 0 Å². The van der Waals surface area contributed by atoms with Crippen molar-refractivity contribution in [3.63, 3.8) is 0 Å². The smallest absolute Gasteiger partial charge is 0.340 e. The van der Waals surface area contributed by atoms with Crippen LogP contribution in [0.25, 0.3) is 11.1 Å². The van der Waals surface area contributed by atoms with E-state index in [1.165, 1.54) is 23.3 Å². The zero-order chi connectivity index (χ0) is 32.9. The molecule has 2 aromatic carbocycles. The summed E-state index contributed by atoms with van der Waals surface area (Å²) >= 11 is 0. The van der Waals surface area contributed by atoms with Gasteiger partial charge in [-0.3, -0.25) is 4.98 Å². The van der Waals surface area contributed by atoms with E-state index in [1.54, 1.807) is 12.1 Å². The van der Waals surface area contributed by atoms with E-state index in [9.17, 15) is 9.18 Å². The molecule has 7 heteroatoms. The van der Waals surface area contributed by atoms with Gasteiger partial charge < -0.3 is 19.1 Å². The molecule has 0 saturated carbocycles. The fourth-order valence-electron chi connectivity index (χ4n) is 5.86. The minimum atomic E-state index is -0.937. The number of ether oxygens (including phenoxy) is 3. The Balaban J connectivity index is 1.76. The average Bonchev–Trinajstić information content (AvgIpc) is 2.96. The number of nitrogens with zero attached hydrogens (tertiary/aromatic N) is 2. The number of rotatable bonds is 10. The van der Waals surface area contributed by atoms with Gasteiger partial charge in [0.2, 0.25) is 0 Å². The van der Waals surface area contributed by atoms with Crippen LogP contribution in [0, 0.1) is 19.7 Å². The maximum Gasteiger partial charge on any atom is 0.340 e. The molecule has 1 aliphatic heterocycles. The zero-order valence-corrected chi connectivity index (χ0v) is 28.4. The van der Waals surface area contributed by atoms with E-state index >= 15 is 0 Å². The first-order valence-electron chi connectivity index (χ1n) is 16.0. The largest absolute Gasteiger partial charge is 0.493 e. The number of allylic oxidation sites excluding steroid dienone is 1. The zero-order valence-electron chi connectivity index (χ0n) is 28.4. The van der Waals surface area contributed by atoms with Gasteiger partial charge in [-0.25, -0.2) is 9.18 Å². The fraction of sp³-hybridized carbons (Fsp3) is 0.474. The Morgan fingerprint density at radius 1 is 0.956 bits per heavy atom. The molecule has 0 aliphatic carbocycles. The lowest BCUT2D eigenvalue weighted by molar-refractivity contribution is -0.171. The van der Waals surface area contributed by atoms with E-state index in [-0.39, 0.29) is 11.9 Å². The lowest BCUT2D eigenvalue weighted by atomic mass is 9.91. The monoisotopic (exact) mass is 616 g/mol. The number of aryl methyl sites for hydroxylation is 2. The molecule has 1 aromatic heterocycles. The van der Waals surface area contributed by atoms with Crippen LogP contribution in [-0.2, 0) is 20.7 Å². The van der Waals surface area contributed by atoms with Gasteiger partial charge in [0.25, 0.3) is 0 Å². The number of benzene rings is 2. The van der Waals surface area contributed by atoms with E-state index in [1.807, 2.05) is 60.6 Å². The summed E-state index contributed by atoms with van der Waals surface area (Å²) in [6.45, 7) is 20.1. The standard InChI is InChI=1S/C38H49FN2O4/c1-24(2)29-18-21-41(22-19-29)35-33(30-12-16-32(17-13-30)43-23-20-28-10-14-31(39)15-11-28)26(5)40-27(6)34(35)36(45-38(7,8)9)37(42)44-25(3)4/h10-17,25,36H,18-23H2,1-9H3. The van der Waals surface area contributed by atoms with Crippen molar-refractivity contribution in [1.82, 2.24) is 4.98 Å². The van der Waals surface area contributed by atoms with Crippen LogP contribution < -0.4 is 9.64 Å². The van der Waals surface area contributed by atoms with Gasteiger partial charge in [0, 0.05) is 42.0 Å². The molecule has 6 nitrogen and oxygen atoms in total. The lowest BCUT2D eigenvalue weighted by Gasteiger charge is -2.37. The van der Waals surface area contributed by atoms with Crippen LogP contribution in [0.15, 0.2) is 59.7 Å². The van der Waals surface area contributed by atoms with E-state index in [2.05, 4.69) is 30.9 Å². The highest BCUT2D eigenvalue weighted by Gasteiger charge is 2.36. The van der Waals surface area contributed by atoms with Crippen molar-refractivity contribution in [2.75, 3.05) is 24.6 Å². The number of hydrogen-bond acceptors (Lipinski definition) is 6. The molecule has 1 atom stereocenters. The van der Waals surface area contributed by atoms with Crippen molar-refractivity contribution in [2.45, 2.75) is 99.4 Å². The SMILES string of the molecule is CC(C)=C1CCN(c2c(-c3ccc(OCCc4ccc(F)cc4)cc3)c(C)nc(C)c2C(OC(C)(C)C)C(=O)OC(C)C)CC1. The van der Waals surface area contributed by atoms with Crippen LogP contribution >= 0.6 is 0 Å². The molecular weight excluding hydrogens is 567 g/mol. The van der Waals surface area contributed by atoms with Crippen LogP contribution in [0.4, 0.5) is 10.1 Å². The van der Waals surface area contributed by atoms with Crippen LogP contribution in [0.2, 0.25) is 0 Å². The molecular formula is C38H49FN2O4. The molecule has 45 heavy (non-hydrogen) atoms. The summed E-state index contributed by atoms with van der Waals surface area (Å²) in [6.07, 6.45) is 1.39. The number of hydrogen-bond donors (Lipinski definition) is 0. The molecule has 0 spiro atoms.